The van der Waals surface area contributed by atoms with E-state index in [1.54, 1.807) is 20.8 Å². The van der Waals surface area contributed by atoms with Gasteiger partial charge in [-0.05, 0) is 33.1 Å². The van der Waals surface area contributed by atoms with Gasteiger partial charge in [-0.15, -0.1) is 0 Å². The molecule has 0 aromatic rings. The third-order valence-electron chi connectivity index (χ3n) is 2.70. The maximum Gasteiger partial charge on any atom is 0.325 e. The first-order valence-corrected chi connectivity index (χ1v) is 8.50. The van der Waals surface area contributed by atoms with Crippen LogP contribution < -0.4 is 9.44 Å². The summed E-state index contributed by atoms with van der Waals surface area (Å²) in [6.07, 6.45) is 1.35. The molecule has 120 valence electrons. The molecule has 0 unspecified atom stereocenters. The lowest BCUT2D eigenvalue weighted by atomic mass is 10.00. The fourth-order valence-corrected chi connectivity index (χ4v) is 2.66. The summed E-state index contributed by atoms with van der Waals surface area (Å²) >= 11 is 0. The summed E-state index contributed by atoms with van der Waals surface area (Å²) in [6.45, 7) is 11.2. The molecule has 2 atom stereocenters. The summed E-state index contributed by atoms with van der Waals surface area (Å²) in [4.78, 5) is 12.1. The van der Waals surface area contributed by atoms with Crippen molar-refractivity contribution in [3.8, 4) is 0 Å². The van der Waals surface area contributed by atoms with Crippen molar-refractivity contribution >= 4 is 16.2 Å². The van der Waals surface area contributed by atoms with E-state index in [1.165, 1.54) is 0 Å². The normalized spacial score (nSPS) is 15.7. The lowest BCUT2D eigenvalue weighted by molar-refractivity contribution is -0.158. The van der Waals surface area contributed by atoms with Gasteiger partial charge in [-0.3, -0.25) is 4.79 Å². The zero-order valence-corrected chi connectivity index (χ0v) is 14.1. The van der Waals surface area contributed by atoms with Gasteiger partial charge in [0.15, 0.2) is 0 Å². The molecule has 0 aromatic carbocycles. The Hall–Kier alpha value is -0.660. The standard InChI is InChI=1S/C13H28N2O4S/c1-7-9-14-20(17,18)15-11(10(3)8-2)12(16)19-13(4,5)6/h10-11,14-15H,7-9H2,1-6H3/t10-,11-/m0/s1. The highest BCUT2D eigenvalue weighted by molar-refractivity contribution is 7.87. The van der Waals surface area contributed by atoms with Crippen molar-refractivity contribution < 1.29 is 17.9 Å². The molecule has 20 heavy (non-hydrogen) atoms. The molecule has 0 spiro atoms. The highest BCUT2D eigenvalue weighted by atomic mass is 32.2. The molecule has 0 bridgehead atoms. The van der Waals surface area contributed by atoms with Crippen LogP contribution >= 0.6 is 0 Å². The summed E-state index contributed by atoms with van der Waals surface area (Å²) in [6, 6.07) is -0.881. The van der Waals surface area contributed by atoms with Gasteiger partial charge < -0.3 is 4.74 Å². The molecule has 0 saturated heterocycles. The third-order valence-corrected chi connectivity index (χ3v) is 3.85. The van der Waals surface area contributed by atoms with Gasteiger partial charge in [0.25, 0.3) is 10.2 Å². The molecule has 0 rings (SSSR count). The molecule has 0 radical (unpaired) electrons. The summed E-state index contributed by atoms with van der Waals surface area (Å²) in [5, 5.41) is 0. The van der Waals surface area contributed by atoms with Gasteiger partial charge in [0.05, 0.1) is 0 Å². The first-order chi connectivity index (χ1) is 9.02. The minimum atomic E-state index is -3.70. The minimum Gasteiger partial charge on any atom is -0.459 e. The third kappa shape index (κ3) is 7.81. The molecule has 7 heteroatoms. The van der Waals surface area contributed by atoms with Crippen molar-refractivity contribution in [1.29, 1.82) is 0 Å². The van der Waals surface area contributed by atoms with Crippen LogP contribution in [-0.4, -0.2) is 32.6 Å². The monoisotopic (exact) mass is 308 g/mol. The van der Waals surface area contributed by atoms with E-state index in [-0.39, 0.29) is 5.92 Å². The SMILES string of the molecule is CCCNS(=O)(=O)N[C@H](C(=O)OC(C)(C)C)[C@@H](C)CC. The number of nitrogens with one attached hydrogen (secondary N) is 2. The summed E-state index contributed by atoms with van der Waals surface area (Å²) in [5.74, 6) is -0.697. The highest BCUT2D eigenvalue weighted by Gasteiger charge is 2.32. The number of carbonyl (C=O) groups is 1. The molecule has 2 N–H and O–H groups in total. The molecule has 0 amide bonds. The quantitative estimate of drug-likeness (QED) is 0.667. The van der Waals surface area contributed by atoms with Gasteiger partial charge in [0, 0.05) is 6.54 Å². The van der Waals surface area contributed by atoms with Gasteiger partial charge >= 0.3 is 5.97 Å². The van der Waals surface area contributed by atoms with E-state index in [4.69, 9.17) is 4.74 Å². The van der Waals surface area contributed by atoms with Crippen molar-refractivity contribution in [2.24, 2.45) is 5.92 Å². The molecule has 0 aliphatic heterocycles. The van der Waals surface area contributed by atoms with Crippen LogP contribution in [0, 0.1) is 5.92 Å². The van der Waals surface area contributed by atoms with E-state index in [2.05, 4.69) is 9.44 Å². The topological polar surface area (TPSA) is 84.5 Å². The molecule has 0 aromatic heterocycles. The number of hydrogen-bond acceptors (Lipinski definition) is 4. The average molecular weight is 308 g/mol. The van der Waals surface area contributed by atoms with Crippen molar-refractivity contribution in [2.75, 3.05) is 6.54 Å². The number of carbonyl (C=O) groups excluding carboxylic acids is 1. The second-order valence-corrected chi connectivity index (χ2v) is 7.44. The fraction of sp³-hybridized carbons (Fsp3) is 0.923. The summed E-state index contributed by atoms with van der Waals surface area (Å²) in [5.41, 5.74) is -0.648. The zero-order valence-electron chi connectivity index (χ0n) is 13.3. The Kier molecular flexibility index (Phi) is 7.69. The van der Waals surface area contributed by atoms with E-state index in [0.29, 0.717) is 19.4 Å². The summed E-state index contributed by atoms with van der Waals surface area (Å²) in [7, 11) is -3.70. The van der Waals surface area contributed by atoms with Crippen LogP contribution in [0.1, 0.15) is 54.4 Å². The Balaban J connectivity index is 4.95. The van der Waals surface area contributed by atoms with Crippen LogP contribution in [0.5, 0.6) is 0 Å². The number of esters is 1. The molecule has 0 heterocycles. The molecular weight excluding hydrogens is 280 g/mol. The maximum absolute atomic E-state index is 12.1. The molecule has 0 saturated carbocycles. The van der Waals surface area contributed by atoms with Gasteiger partial charge in [-0.2, -0.15) is 13.1 Å². The van der Waals surface area contributed by atoms with Gasteiger partial charge in [-0.25, -0.2) is 4.72 Å². The molecule has 0 aliphatic rings. The number of rotatable bonds is 8. The Morgan fingerprint density at radius 1 is 1.25 bits per heavy atom. The molecule has 6 nitrogen and oxygen atoms in total. The van der Waals surface area contributed by atoms with Crippen molar-refractivity contribution in [3.05, 3.63) is 0 Å². The van der Waals surface area contributed by atoms with Gasteiger partial charge in [0.1, 0.15) is 11.6 Å². The summed E-state index contributed by atoms with van der Waals surface area (Å²) < 4.78 is 33.8. The van der Waals surface area contributed by atoms with Crippen LogP contribution in [0.2, 0.25) is 0 Å². The van der Waals surface area contributed by atoms with Crippen LogP contribution in [0.3, 0.4) is 0 Å². The van der Waals surface area contributed by atoms with Crippen LogP contribution in [0.4, 0.5) is 0 Å². The lowest BCUT2D eigenvalue weighted by Crippen LogP contribution is -2.51. The van der Waals surface area contributed by atoms with Gasteiger partial charge in [-0.1, -0.05) is 27.2 Å². The van der Waals surface area contributed by atoms with E-state index >= 15 is 0 Å². The van der Waals surface area contributed by atoms with E-state index in [1.807, 2.05) is 20.8 Å². The fourth-order valence-electron chi connectivity index (χ4n) is 1.44. The van der Waals surface area contributed by atoms with Crippen molar-refractivity contribution in [3.63, 3.8) is 0 Å². The maximum atomic E-state index is 12.1. The minimum absolute atomic E-state index is 0.150. The van der Waals surface area contributed by atoms with Crippen molar-refractivity contribution in [2.45, 2.75) is 66.0 Å². The second-order valence-electron chi connectivity index (χ2n) is 5.91. The second kappa shape index (κ2) is 7.95. The Bertz CT molecular complexity index is 401. The number of hydrogen-bond donors (Lipinski definition) is 2. The molecule has 0 aliphatic carbocycles. The Morgan fingerprint density at radius 2 is 1.80 bits per heavy atom. The predicted molar refractivity (Wildman–Crippen MR) is 79.4 cm³/mol. The van der Waals surface area contributed by atoms with Crippen LogP contribution in [0.15, 0.2) is 0 Å². The zero-order chi connectivity index (χ0) is 16.0. The highest BCUT2D eigenvalue weighted by Crippen LogP contribution is 2.15. The molecular formula is C13H28N2O4S. The average Bonchev–Trinajstić information content (AvgIpc) is 2.30. The van der Waals surface area contributed by atoms with Gasteiger partial charge in [0.2, 0.25) is 0 Å². The van der Waals surface area contributed by atoms with E-state index in [9.17, 15) is 13.2 Å². The first kappa shape index (κ1) is 19.3. The smallest absolute Gasteiger partial charge is 0.325 e. The van der Waals surface area contributed by atoms with Crippen LogP contribution in [0.25, 0.3) is 0 Å². The van der Waals surface area contributed by atoms with Crippen LogP contribution in [-0.2, 0) is 19.7 Å². The largest absolute Gasteiger partial charge is 0.459 e. The molecule has 0 fully saturated rings. The first-order valence-electron chi connectivity index (χ1n) is 7.02. The Labute approximate surface area is 122 Å². The predicted octanol–water partition coefficient (Wildman–Crippen LogP) is 1.58. The Morgan fingerprint density at radius 3 is 2.20 bits per heavy atom. The van der Waals surface area contributed by atoms with Crippen molar-refractivity contribution in [1.82, 2.24) is 9.44 Å². The van der Waals surface area contributed by atoms with E-state index in [0.717, 1.165) is 0 Å². The number of ether oxygens (including phenoxy) is 1. The van der Waals surface area contributed by atoms with E-state index < -0.39 is 27.8 Å². The lowest BCUT2D eigenvalue weighted by Gasteiger charge is -2.27.